The van der Waals surface area contributed by atoms with Crippen LogP contribution in [-0.2, 0) is 9.59 Å². The number of carbonyl (C=O) groups excluding carboxylic acids is 1. The fourth-order valence-electron chi connectivity index (χ4n) is 1.71. The van der Waals surface area contributed by atoms with E-state index in [9.17, 15) is 14.7 Å². The average Bonchev–Trinajstić information content (AvgIpc) is 2.55. The molecule has 4 heteroatoms. The zero-order valence-corrected chi connectivity index (χ0v) is 14.3. The second-order valence-corrected chi connectivity index (χ2v) is 5.22. The first-order valence-corrected chi connectivity index (χ1v) is 8.31. The van der Waals surface area contributed by atoms with Gasteiger partial charge in [0.05, 0.1) is 6.10 Å². The minimum Gasteiger partial charge on any atom is -0.481 e. The molecule has 0 aliphatic carbocycles. The quantitative estimate of drug-likeness (QED) is 0.230. The normalized spacial score (nSPS) is 13.9. The zero-order chi connectivity index (χ0) is 18.0. The number of allylic oxidation sites excluding steroid dienone is 8. The molecule has 2 N–H and O–H groups in total. The van der Waals surface area contributed by atoms with Gasteiger partial charge in [0.15, 0.2) is 5.78 Å². The molecule has 0 rings (SSSR count). The molecule has 0 bridgehead atoms. The average molecular weight is 332 g/mol. The summed E-state index contributed by atoms with van der Waals surface area (Å²) in [6.45, 7) is 1.96. The number of aliphatic carboxylic acids is 1. The first-order chi connectivity index (χ1) is 11.6. The zero-order valence-electron chi connectivity index (χ0n) is 14.3. The van der Waals surface area contributed by atoms with Crippen molar-refractivity contribution in [2.45, 2.75) is 51.6 Å². The van der Waals surface area contributed by atoms with E-state index in [0.717, 1.165) is 19.3 Å². The Bertz CT molecular complexity index is 496. The molecular formula is C20H28O4. The summed E-state index contributed by atoms with van der Waals surface area (Å²) in [6, 6.07) is 0. The van der Waals surface area contributed by atoms with Crippen LogP contribution >= 0.6 is 0 Å². The first kappa shape index (κ1) is 21.8. The Kier molecular flexibility index (Phi) is 14.2. The molecule has 0 aliphatic rings. The largest absolute Gasteiger partial charge is 0.481 e. The van der Waals surface area contributed by atoms with Crippen molar-refractivity contribution in [1.29, 1.82) is 0 Å². The number of hydrogen-bond acceptors (Lipinski definition) is 3. The highest BCUT2D eigenvalue weighted by Crippen LogP contribution is 2.00. The third-order valence-electron chi connectivity index (χ3n) is 2.97. The Morgan fingerprint density at radius 2 is 1.75 bits per heavy atom. The smallest absolute Gasteiger partial charge is 0.303 e. The molecule has 0 aromatic rings. The Labute approximate surface area is 144 Å². The second kappa shape index (κ2) is 15.7. The monoisotopic (exact) mass is 332 g/mol. The van der Waals surface area contributed by atoms with Gasteiger partial charge in [-0.15, -0.1) is 0 Å². The molecule has 0 saturated carbocycles. The molecule has 0 aromatic heterocycles. The summed E-state index contributed by atoms with van der Waals surface area (Å²) in [5.41, 5.74) is 0. The fourth-order valence-corrected chi connectivity index (χ4v) is 1.71. The lowest BCUT2D eigenvalue weighted by Crippen LogP contribution is -1.98. The van der Waals surface area contributed by atoms with Crippen molar-refractivity contribution in [2.24, 2.45) is 0 Å². The highest BCUT2D eigenvalue weighted by Gasteiger charge is 1.94. The van der Waals surface area contributed by atoms with Gasteiger partial charge in [-0.05, 0) is 44.3 Å². The van der Waals surface area contributed by atoms with Crippen LogP contribution in [0.5, 0.6) is 0 Å². The summed E-state index contributed by atoms with van der Waals surface area (Å²) in [7, 11) is 0. The predicted octanol–water partition coefficient (Wildman–Crippen LogP) is 4.14. The van der Waals surface area contributed by atoms with Crippen LogP contribution in [0.15, 0.2) is 60.8 Å². The van der Waals surface area contributed by atoms with Gasteiger partial charge in [0.2, 0.25) is 0 Å². The maximum absolute atomic E-state index is 11.3. The molecule has 1 atom stereocenters. The third kappa shape index (κ3) is 16.2. The lowest BCUT2D eigenvalue weighted by molar-refractivity contribution is -0.137. The Morgan fingerprint density at radius 1 is 1.00 bits per heavy atom. The molecule has 0 amide bonds. The summed E-state index contributed by atoms with van der Waals surface area (Å²) in [5, 5.41) is 18.2. The molecule has 132 valence electrons. The molecule has 0 aliphatic heterocycles. The highest BCUT2D eigenvalue weighted by molar-refractivity contribution is 5.99. The van der Waals surface area contributed by atoms with Crippen molar-refractivity contribution in [3.05, 3.63) is 60.8 Å². The number of aliphatic hydroxyl groups excluding tert-OH is 1. The van der Waals surface area contributed by atoms with Crippen LogP contribution in [0.3, 0.4) is 0 Å². The van der Waals surface area contributed by atoms with Gasteiger partial charge in [-0.1, -0.05) is 55.5 Å². The van der Waals surface area contributed by atoms with E-state index in [1.807, 2.05) is 31.2 Å². The number of ketones is 1. The van der Waals surface area contributed by atoms with Gasteiger partial charge in [0.1, 0.15) is 0 Å². The maximum Gasteiger partial charge on any atom is 0.303 e. The maximum atomic E-state index is 11.3. The lowest BCUT2D eigenvalue weighted by atomic mass is 10.2. The number of carboxylic acid groups (broad SMARTS) is 1. The van der Waals surface area contributed by atoms with Crippen molar-refractivity contribution in [2.75, 3.05) is 0 Å². The molecule has 4 nitrogen and oxygen atoms in total. The summed E-state index contributed by atoms with van der Waals surface area (Å²) >= 11 is 0. The highest BCUT2D eigenvalue weighted by atomic mass is 16.4. The van der Waals surface area contributed by atoms with E-state index in [0.29, 0.717) is 12.8 Å². The molecule has 1 unspecified atom stereocenters. The third-order valence-corrected chi connectivity index (χ3v) is 2.97. The van der Waals surface area contributed by atoms with E-state index in [2.05, 4.69) is 0 Å². The molecule has 0 saturated heterocycles. The van der Waals surface area contributed by atoms with Crippen molar-refractivity contribution in [3.63, 3.8) is 0 Å². The van der Waals surface area contributed by atoms with E-state index in [1.165, 1.54) is 12.2 Å². The predicted molar refractivity (Wildman–Crippen MR) is 97.7 cm³/mol. The fraction of sp³-hybridized carbons (Fsp3) is 0.400. The minimum atomic E-state index is -0.762. The van der Waals surface area contributed by atoms with E-state index >= 15 is 0 Å². The van der Waals surface area contributed by atoms with Gasteiger partial charge >= 0.3 is 5.97 Å². The Morgan fingerprint density at radius 3 is 2.46 bits per heavy atom. The summed E-state index contributed by atoms with van der Waals surface area (Å²) in [6.07, 6.45) is 20.7. The summed E-state index contributed by atoms with van der Waals surface area (Å²) in [5.74, 6) is -0.826. The number of rotatable bonds is 13. The van der Waals surface area contributed by atoms with Gasteiger partial charge in [0.25, 0.3) is 0 Å². The molecule has 0 aromatic carbocycles. The van der Waals surface area contributed by atoms with Crippen LogP contribution in [0, 0.1) is 0 Å². The van der Waals surface area contributed by atoms with Crippen LogP contribution in [0.2, 0.25) is 0 Å². The van der Waals surface area contributed by atoms with Gasteiger partial charge in [-0.3, -0.25) is 9.59 Å². The molecule has 0 spiro atoms. The number of hydrogen-bond donors (Lipinski definition) is 2. The minimum absolute atomic E-state index is 0.0639. The number of carboxylic acids is 1. The van der Waals surface area contributed by atoms with Crippen LogP contribution in [0.4, 0.5) is 0 Å². The summed E-state index contributed by atoms with van der Waals surface area (Å²) < 4.78 is 0. The standard InChI is InChI=1S/C20H28O4/c1-2-3-13-18(21)15-11-12-16-19(22)14-9-7-5-4-6-8-10-17-20(23)24/h3-4,6-7,9,11-13,15-16,19,22H,2,5,8,10,14,17H2,1H3,(H,23,24)/b6-4?,9-7?,13-3+,15-11+,16-12+. The van der Waals surface area contributed by atoms with Crippen LogP contribution in [0.25, 0.3) is 0 Å². The van der Waals surface area contributed by atoms with Gasteiger partial charge in [-0.25, -0.2) is 0 Å². The van der Waals surface area contributed by atoms with Crippen LogP contribution in [0.1, 0.15) is 45.4 Å². The van der Waals surface area contributed by atoms with Gasteiger partial charge < -0.3 is 10.2 Å². The number of carbonyl (C=O) groups is 2. The molecule has 0 fully saturated rings. The van der Waals surface area contributed by atoms with Crippen molar-refractivity contribution >= 4 is 11.8 Å². The SMILES string of the molecule is CC/C=C/C(=O)/C=C/C=C/C(O)CC=CCC=CCCCC(=O)O. The van der Waals surface area contributed by atoms with Crippen molar-refractivity contribution in [1.82, 2.24) is 0 Å². The van der Waals surface area contributed by atoms with Crippen LogP contribution in [-0.4, -0.2) is 28.1 Å². The first-order valence-electron chi connectivity index (χ1n) is 8.31. The Hall–Kier alpha value is -2.20. The van der Waals surface area contributed by atoms with Crippen molar-refractivity contribution in [3.8, 4) is 0 Å². The van der Waals surface area contributed by atoms with E-state index in [-0.39, 0.29) is 12.2 Å². The molecule has 24 heavy (non-hydrogen) atoms. The van der Waals surface area contributed by atoms with E-state index < -0.39 is 12.1 Å². The van der Waals surface area contributed by atoms with E-state index in [1.54, 1.807) is 24.3 Å². The molecular weight excluding hydrogens is 304 g/mol. The molecule has 0 heterocycles. The van der Waals surface area contributed by atoms with E-state index in [4.69, 9.17) is 5.11 Å². The lowest BCUT2D eigenvalue weighted by Gasteiger charge is -1.98. The van der Waals surface area contributed by atoms with Crippen LogP contribution < -0.4 is 0 Å². The van der Waals surface area contributed by atoms with Gasteiger partial charge in [-0.2, -0.15) is 0 Å². The second-order valence-electron chi connectivity index (χ2n) is 5.22. The Balaban J connectivity index is 3.82. The number of unbranched alkanes of at least 4 members (excludes halogenated alkanes) is 1. The van der Waals surface area contributed by atoms with Gasteiger partial charge in [0, 0.05) is 6.42 Å². The van der Waals surface area contributed by atoms with Crippen molar-refractivity contribution < 1.29 is 19.8 Å². The number of aliphatic hydroxyl groups is 1. The molecule has 0 radical (unpaired) electrons. The topological polar surface area (TPSA) is 74.6 Å². The summed E-state index contributed by atoms with van der Waals surface area (Å²) in [4.78, 5) is 21.6.